The van der Waals surface area contributed by atoms with Crippen molar-refractivity contribution in [2.45, 2.75) is 109 Å². The molecule has 0 spiro atoms. The SMILES string of the molecule is CCCCCCCCCCCCC(C)N(C(CO)C(=O)O)C(C(=O)O)C(O)C(=O)O. The van der Waals surface area contributed by atoms with Gasteiger partial charge >= 0.3 is 17.9 Å². The van der Waals surface area contributed by atoms with Crippen molar-refractivity contribution in [1.29, 1.82) is 0 Å². The number of aliphatic hydroxyl groups excluding tert-OH is 2. The lowest BCUT2D eigenvalue weighted by Gasteiger charge is -2.38. The van der Waals surface area contributed by atoms with E-state index in [4.69, 9.17) is 5.11 Å². The molecule has 0 aliphatic heterocycles. The monoisotopic (exact) mass is 433 g/mol. The van der Waals surface area contributed by atoms with Crippen molar-refractivity contribution in [2.75, 3.05) is 6.61 Å². The van der Waals surface area contributed by atoms with Crippen LogP contribution in [0.15, 0.2) is 0 Å². The molecule has 0 aromatic rings. The molecule has 30 heavy (non-hydrogen) atoms. The van der Waals surface area contributed by atoms with E-state index >= 15 is 0 Å². The van der Waals surface area contributed by atoms with Crippen LogP contribution in [-0.2, 0) is 14.4 Å². The van der Waals surface area contributed by atoms with Gasteiger partial charge in [-0.1, -0.05) is 71.1 Å². The lowest BCUT2D eigenvalue weighted by Crippen LogP contribution is -2.61. The molecule has 0 aliphatic carbocycles. The average molecular weight is 434 g/mol. The molecule has 0 bridgehead atoms. The summed E-state index contributed by atoms with van der Waals surface area (Å²) in [6.07, 6.45) is 9.24. The third kappa shape index (κ3) is 10.4. The van der Waals surface area contributed by atoms with Crippen LogP contribution in [0.4, 0.5) is 0 Å². The Hall–Kier alpha value is -1.71. The molecule has 0 aromatic carbocycles. The predicted octanol–water partition coefficient (Wildman–Crippen LogP) is 2.33. The molecular formula is C21H39NO8. The average Bonchev–Trinajstić information content (AvgIpc) is 2.68. The maximum Gasteiger partial charge on any atom is 0.334 e. The highest BCUT2D eigenvalue weighted by Gasteiger charge is 2.44. The first-order chi connectivity index (χ1) is 14.2. The van der Waals surface area contributed by atoms with E-state index in [1.165, 1.54) is 38.5 Å². The number of nitrogens with zero attached hydrogens (tertiary/aromatic N) is 1. The van der Waals surface area contributed by atoms with Crippen molar-refractivity contribution in [2.24, 2.45) is 0 Å². The standard InChI is InChI=1S/C21H39NO8/c1-3-4-5-6-7-8-9-10-11-12-13-15(2)22(16(14-23)19(25)26)17(20(27)28)18(24)21(29)30/h15-18,23-24H,3-14H2,1-2H3,(H,25,26)(H,27,28)(H,29,30). The minimum Gasteiger partial charge on any atom is -0.480 e. The lowest BCUT2D eigenvalue weighted by atomic mass is 9.99. The number of hydrogen-bond acceptors (Lipinski definition) is 6. The van der Waals surface area contributed by atoms with Gasteiger partial charge in [-0.3, -0.25) is 14.5 Å². The van der Waals surface area contributed by atoms with Crippen LogP contribution in [0.25, 0.3) is 0 Å². The van der Waals surface area contributed by atoms with Gasteiger partial charge in [0.15, 0.2) is 6.10 Å². The summed E-state index contributed by atoms with van der Waals surface area (Å²) in [5.74, 6) is -4.89. The van der Waals surface area contributed by atoms with Gasteiger partial charge in [0.25, 0.3) is 0 Å². The highest BCUT2D eigenvalue weighted by Crippen LogP contribution is 2.21. The second kappa shape index (κ2) is 16.0. The molecule has 0 aromatic heterocycles. The van der Waals surface area contributed by atoms with Gasteiger partial charge in [-0.2, -0.15) is 0 Å². The van der Waals surface area contributed by atoms with Gasteiger partial charge < -0.3 is 25.5 Å². The van der Waals surface area contributed by atoms with Gasteiger partial charge in [0.05, 0.1) is 6.61 Å². The van der Waals surface area contributed by atoms with E-state index in [0.29, 0.717) is 12.8 Å². The summed E-state index contributed by atoms with van der Waals surface area (Å²) < 4.78 is 0. The summed E-state index contributed by atoms with van der Waals surface area (Å²) in [5.41, 5.74) is 0. The summed E-state index contributed by atoms with van der Waals surface area (Å²) in [7, 11) is 0. The maximum absolute atomic E-state index is 11.6. The van der Waals surface area contributed by atoms with Crippen LogP contribution in [-0.4, -0.2) is 79.2 Å². The van der Waals surface area contributed by atoms with Crippen molar-refractivity contribution in [1.82, 2.24) is 4.90 Å². The smallest absolute Gasteiger partial charge is 0.334 e. The Bertz CT molecular complexity index is 513. The molecule has 0 radical (unpaired) electrons. The van der Waals surface area contributed by atoms with Gasteiger partial charge in [0.2, 0.25) is 0 Å². The Morgan fingerprint density at radius 3 is 1.60 bits per heavy atom. The summed E-state index contributed by atoms with van der Waals surface area (Å²) in [5, 5.41) is 47.2. The van der Waals surface area contributed by atoms with Gasteiger partial charge in [0, 0.05) is 6.04 Å². The number of carbonyl (C=O) groups is 3. The minimum atomic E-state index is -2.31. The first-order valence-electron chi connectivity index (χ1n) is 10.9. The molecule has 4 unspecified atom stereocenters. The zero-order valence-corrected chi connectivity index (χ0v) is 18.2. The Labute approximate surface area is 178 Å². The predicted molar refractivity (Wildman–Crippen MR) is 111 cm³/mol. The number of unbranched alkanes of at least 4 members (excludes halogenated alkanes) is 9. The molecule has 4 atom stereocenters. The molecule has 9 heteroatoms. The molecule has 0 rings (SSSR count). The fourth-order valence-corrected chi connectivity index (χ4v) is 3.71. The Kier molecular flexibility index (Phi) is 15.1. The molecule has 0 fully saturated rings. The number of aliphatic hydroxyl groups is 2. The molecule has 0 heterocycles. The van der Waals surface area contributed by atoms with E-state index in [9.17, 15) is 34.8 Å². The molecule has 0 saturated heterocycles. The highest BCUT2D eigenvalue weighted by molar-refractivity contribution is 5.85. The first-order valence-corrected chi connectivity index (χ1v) is 10.9. The van der Waals surface area contributed by atoms with Crippen LogP contribution < -0.4 is 0 Å². The number of hydrogen-bond donors (Lipinski definition) is 5. The Morgan fingerprint density at radius 1 is 0.767 bits per heavy atom. The third-order valence-corrected chi connectivity index (χ3v) is 5.43. The second-order valence-corrected chi connectivity index (χ2v) is 7.87. The number of rotatable bonds is 19. The summed E-state index contributed by atoms with van der Waals surface area (Å²) in [6.45, 7) is 2.88. The fourth-order valence-electron chi connectivity index (χ4n) is 3.71. The van der Waals surface area contributed by atoms with Crippen molar-refractivity contribution < 1.29 is 39.9 Å². The highest BCUT2D eigenvalue weighted by atomic mass is 16.4. The van der Waals surface area contributed by atoms with Crippen molar-refractivity contribution in [3.63, 3.8) is 0 Å². The first kappa shape index (κ1) is 28.3. The largest absolute Gasteiger partial charge is 0.480 e. The van der Waals surface area contributed by atoms with Crippen LogP contribution in [0.2, 0.25) is 0 Å². The molecule has 176 valence electrons. The lowest BCUT2D eigenvalue weighted by molar-refractivity contribution is -0.169. The summed E-state index contributed by atoms with van der Waals surface area (Å²) >= 11 is 0. The minimum absolute atomic E-state index is 0.427. The molecule has 0 amide bonds. The van der Waals surface area contributed by atoms with E-state index in [2.05, 4.69) is 6.92 Å². The molecular weight excluding hydrogens is 394 g/mol. The fraction of sp³-hybridized carbons (Fsp3) is 0.857. The van der Waals surface area contributed by atoms with Crippen molar-refractivity contribution >= 4 is 17.9 Å². The molecule has 9 nitrogen and oxygen atoms in total. The van der Waals surface area contributed by atoms with Crippen LogP contribution in [0.1, 0.15) is 84.5 Å². The van der Waals surface area contributed by atoms with Crippen molar-refractivity contribution in [3.8, 4) is 0 Å². The molecule has 0 saturated carbocycles. The van der Waals surface area contributed by atoms with Gasteiger partial charge in [-0.25, -0.2) is 4.79 Å². The number of carboxylic acids is 3. The van der Waals surface area contributed by atoms with E-state index in [1.807, 2.05) is 0 Å². The van der Waals surface area contributed by atoms with Crippen LogP contribution >= 0.6 is 0 Å². The Balaban J connectivity index is 4.79. The molecule has 0 aliphatic rings. The van der Waals surface area contributed by atoms with E-state index in [1.54, 1.807) is 6.92 Å². The zero-order chi connectivity index (χ0) is 23.1. The van der Waals surface area contributed by atoms with Crippen LogP contribution in [0.3, 0.4) is 0 Å². The number of carboxylic acid groups (broad SMARTS) is 3. The molecule has 5 N–H and O–H groups in total. The van der Waals surface area contributed by atoms with E-state index in [0.717, 1.165) is 24.2 Å². The van der Waals surface area contributed by atoms with Gasteiger partial charge in [-0.05, 0) is 13.3 Å². The third-order valence-electron chi connectivity index (χ3n) is 5.43. The zero-order valence-electron chi connectivity index (χ0n) is 18.2. The topological polar surface area (TPSA) is 156 Å². The normalized spacial score (nSPS) is 15.5. The number of aliphatic carboxylic acids is 3. The van der Waals surface area contributed by atoms with Crippen molar-refractivity contribution in [3.05, 3.63) is 0 Å². The van der Waals surface area contributed by atoms with Gasteiger partial charge in [-0.15, -0.1) is 0 Å². The van der Waals surface area contributed by atoms with Gasteiger partial charge in [0.1, 0.15) is 12.1 Å². The second-order valence-electron chi connectivity index (χ2n) is 7.87. The maximum atomic E-state index is 11.6. The summed E-state index contributed by atoms with van der Waals surface area (Å²) in [6, 6.07) is -4.26. The van der Waals surface area contributed by atoms with E-state index in [-0.39, 0.29) is 0 Å². The quantitative estimate of drug-likeness (QED) is 0.193. The van der Waals surface area contributed by atoms with Crippen LogP contribution in [0, 0.1) is 0 Å². The Morgan fingerprint density at radius 2 is 1.23 bits per heavy atom. The van der Waals surface area contributed by atoms with Crippen LogP contribution in [0.5, 0.6) is 0 Å². The summed E-state index contributed by atoms with van der Waals surface area (Å²) in [4.78, 5) is 35.2. The van der Waals surface area contributed by atoms with E-state index < -0.39 is 48.7 Å².